The predicted molar refractivity (Wildman–Crippen MR) is 68.8 cm³/mol. The number of methoxy groups -OCH3 is 1. The van der Waals surface area contributed by atoms with Crippen molar-refractivity contribution in [3.05, 3.63) is 15.8 Å². The topological polar surface area (TPSA) is 65.0 Å². The molecule has 0 aromatic carbocycles. The van der Waals surface area contributed by atoms with E-state index < -0.39 is 5.97 Å². The van der Waals surface area contributed by atoms with Crippen molar-refractivity contribution in [1.82, 2.24) is 0 Å². The van der Waals surface area contributed by atoms with Gasteiger partial charge >= 0.3 is 5.97 Å². The number of aromatic carboxylic acids is 1. The van der Waals surface area contributed by atoms with Crippen molar-refractivity contribution >= 4 is 17.3 Å². The number of carbonyl (C=O) groups is 1. The number of aryl methyl sites for hydroxylation is 1. The molecule has 1 aromatic heterocycles. The van der Waals surface area contributed by atoms with Crippen LogP contribution in [0.4, 0.5) is 0 Å². The van der Waals surface area contributed by atoms with E-state index in [1.54, 1.807) is 13.2 Å². The van der Waals surface area contributed by atoms with Gasteiger partial charge in [-0.05, 0) is 12.5 Å². The third kappa shape index (κ3) is 4.64. The van der Waals surface area contributed by atoms with Gasteiger partial charge in [-0.3, -0.25) is 0 Å². The monoisotopic (exact) mass is 274 g/mol. The van der Waals surface area contributed by atoms with Crippen molar-refractivity contribution in [2.75, 3.05) is 33.5 Å². The molecular formula is C12H18O5S. The van der Waals surface area contributed by atoms with Crippen LogP contribution in [0.3, 0.4) is 0 Å². The van der Waals surface area contributed by atoms with Crippen molar-refractivity contribution in [1.29, 1.82) is 0 Å². The smallest absolute Gasteiger partial charge is 0.349 e. The van der Waals surface area contributed by atoms with Crippen molar-refractivity contribution < 1.29 is 24.1 Å². The van der Waals surface area contributed by atoms with Crippen molar-refractivity contribution in [2.45, 2.75) is 13.3 Å². The molecule has 0 aliphatic carbocycles. The minimum absolute atomic E-state index is 0.253. The largest absolute Gasteiger partial charge is 0.489 e. The maximum atomic E-state index is 11.0. The lowest BCUT2D eigenvalue weighted by atomic mass is 10.3. The lowest BCUT2D eigenvalue weighted by molar-refractivity contribution is 0.0537. The van der Waals surface area contributed by atoms with Gasteiger partial charge in [0.15, 0.2) is 4.88 Å². The summed E-state index contributed by atoms with van der Waals surface area (Å²) in [5, 5.41) is 9.03. The SMILES string of the molecule is CCc1cc(OCCOCCOC)c(C(=O)O)s1. The zero-order valence-corrected chi connectivity index (χ0v) is 11.4. The van der Waals surface area contributed by atoms with E-state index in [1.807, 2.05) is 6.92 Å². The average molecular weight is 274 g/mol. The molecule has 0 aliphatic rings. The van der Waals surface area contributed by atoms with Gasteiger partial charge in [0.25, 0.3) is 0 Å². The second-order valence-electron chi connectivity index (χ2n) is 3.52. The van der Waals surface area contributed by atoms with E-state index in [0.717, 1.165) is 11.3 Å². The number of hydrogen-bond donors (Lipinski definition) is 1. The molecule has 0 amide bonds. The summed E-state index contributed by atoms with van der Waals surface area (Å²) in [6.45, 7) is 3.78. The van der Waals surface area contributed by atoms with Gasteiger partial charge in [-0.15, -0.1) is 11.3 Å². The molecule has 0 radical (unpaired) electrons. The summed E-state index contributed by atoms with van der Waals surface area (Å²) in [5.41, 5.74) is 0. The van der Waals surface area contributed by atoms with Crippen molar-refractivity contribution in [3.63, 3.8) is 0 Å². The van der Waals surface area contributed by atoms with Crippen molar-refractivity contribution in [2.24, 2.45) is 0 Å². The lowest BCUT2D eigenvalue weighted by Crippen LogP contribution is -2.10. The Hall–Kier alpha value is -1.11. The number of hydrogen-bond acceptors (Lipinski definition) is 5. The fourth-order valence-corrected chi connectivity index (χ4v) is 2.19. The standard InChI is InChI=1S/C12H18O5S/c1-3-9-8-10(11(18-9)12(13)14)17-7-6-16-5-4-15-2/h8H,3-7H2,1-2H3,(H,13,14). The number of thiophene rings is 1. The minimum atomic E-state index is -0.949. The number of rotatable bonds is 9. The summed E-state index contributed by atoms with van der Waals surface area (Å²) < 4.78 is 15.5. The Bertz CT molecular complexity index is 375. The highest BCUT2D eigenvalue weighted by Gasteiger charge is 2.15. The van der Waals surface area contributed by atoms with E-state index >= 15 is 0 Å². The molecule has 1 aromatic rings. The minimum Gasteiger partial charge on any atom is -0.489 e. The molecule has 1 heterocycles. The molecule has 0 bridgehead atoms. The van der Waals surface area contributed by atoms with E-state index in [4.69, 9.17) is 19.3 Å². The summed E-state index contributed by atoms with van der Waals surface area (Å²) in [6.07, 6.45) is 0.804. The second kappa shape index (κ2) is 8.07. The Labute approximate surface area is 110 Å². The fourth-order valence-electron chi connectivity index (χ4n) is 1.31. The highest BCUT2D eigenvalue weighted by Crippen LogP contribution is 2.29. The maximum Gasteiger partial charge on any atom is 0.349 e. The lowest BCUT2D eigenvalue weighted by Gasteiger charge is -2.06. The van der Waals surface area contributed by atoms with Gasteiger partial charge in [-0.2, -0.15) is 0 Å². The third-order valence-electron chi connectivity index (χ3n) is 2.21. The van der Waals surface area contributed by atoms with Crippen LogP contribution in [0.2, 0.25) is 0 Å². The van der Waals surface area contributed by atoms with Gasteiger partial charge in [0, 0.05) is 12.0 Å². The van der Waals surface area contributed by atoms with Crippen molar-refractivity contribution in [3.8, 4) is 5.75 Å². The Kier molecular flexibility index (Phi) is 6.70. The first kappa shape index (κ1) is 14.9. The van der Waals surface area contributed by atoms with Crippen LogP contribution < -0.4 is 4.74 Å². The van der Waals surface area contributed by atoms with Crippen LogP contribution in [-0.2, 0) is 15.9 Å². The van der Waals surface area contributed by atoms with Crippen LogP contribution in [0.25, 0.3) is 0 Å². The first-order chi connectivity index (χ1) is 8.69. The first-order valence-corrected chi connectivity index (χ1v) is 6.56. The molecule has 18 heavy (non-hydrogen) atoms. The molecule has 0 spiro atoms. The van der Waals surface area contributed by atoms with Gasteiger partial charge in [0.2, 0.25) is 0 Å². The van der Waals surface area contributed by atoms with Crippen LogP contribution in [0.5, 0.6) is 5.75 Å². The molecular weight excluding hydrogens is 256 g/mol. The van der Waals surface area contributed by atoms with Gasteiger partial charge in [-0.1, -0.05) is 6.92 Å². The highest BCUT2D eigenvalue weighted by atomic mass is 32.1. The summed E-state index contributed by atoms with van der Waals surface area (Å²) in [4.78, 5) is 12.3. The van der Waals surface area contributed by atoms with Crippen LogP contribution in [0.1, 0.15) is 21.5 Å². The Morgan fingerprint density at radius 3 is 2.67 bits per heavy atom. The van der Waals surface area contributed by atoms with Gasteiger partial charge in [0.05, 0.1) is 19.8 Å². The molecule has 1 rings (SSSR count). The summed E-state index contributed by atoms with van der Waals surface area (Å²) in [6, 6.07) is 1.78. The zero-order valence-electron chi connectivity index (χ0n) is 10.6. The quantitative estimate of drug-likeness (QED) is 0.698. The van der Waals surface area contributed by atoms with Crippen LogP contribution in [-0.4, -0.2) is 44.6 Å². The number of carboxylic acids is 1. The predicted octanol–water partition coefficient (Wildman–Crippen LogP) is 2.05. The average Bonchev–Trinajstić information content (AvgIpc) is 2.77. The van der Waals surface area contributed by atoms with Gasteiger partial charge in [0.1, 0.15) is 12.4 Å². The van der Waals surface area contributed by atoms with Crippen LogP contribution in [0.15, 0.2) is 6.07 Å². The molecule has 6 heteroatoms. The summed E-state index contributed by atoms with van der Waals surface area (Å²) >= 11 is 1.25. The molecule has 5 nitrogen and oxygen atoms in total. The second-order valence-corrected chi connectivity index (χ2v) is 4.66. The van der Waals surface area contributed by atoms with E-state index in [9.17, 15) is 4.79 Å². The van der Waals surface area contributed by atoms with Gasteiger partial charge in [-0.25, -0.2) is 4.79 Å². The van der Waals surface area contributed by atoms with Crippen LogP contribution in [0, 0.1) is 0 Å². The highest BCUT2D eigenvalue weighted by molar-refractivity contribution is 7.14. The number of ether oxygens (including phenoxy) is 3. The van der Waals surface area contributed by atoms with Crippen LogP contribution >= 0.6 is 11.3 Å². The summed E-state index contributed by atoms with van der Waals surface area (Å²) in [7, 11) is 1.61. The molecule has 0 saturated heterocycles. The Morgan fingerprint density at radius 2 is 2.06 bits per heavy atom. The number of carboxylic acid groups (broad SMARTS) is 1. The van der Waals surface area contributed by atoms with Gasteiger partial charge < -0.3 is 19.3 Å². The van der Waals surface area contributed by atoms with E-state index in [-0.39, 0.29) is 4.88 Å². The van der Waals surface area contributed by atoms with E-state index in [0.29, 0.717) is 32.2 Å². The Morgan fingerprint density at radius 1 is 1.33 bits per heavy atom. The molecule has 1 N–H and O–H groups in total. The normalized spacial score (nSPS) is 10.6. The molecule has 0 fully saturated rings. The summed E-state index contributed by atoms with van der Waals surface area (Å²) in [5.74, 6) is -0.519. The van der Waals surface area contributed by atoms with E-state index in [2.05, 4.69) is 0 Å². The Balaban J connectivity index is 2.41. The zero-order chi connectivity index (χ0) is 13.4. The molecule has 0 unspecified atom stereocenters. The third-order valence-corrected chi connectivity index (χ3v) is 3.46. The molecule has 102 valence electrons. The fraction of sp³-hybridized carbons (Fsp3) is 0.583. The first-order valence-electron chi connectivity index (χ1n) is 5.74. The maximum absolute atomic E-state index is 11.0. The molecule has 0 aliphatic heterocycles. The molecule has 0 saturated carbocycles. The van der Waals surface area contributed by atoms with E-state index in [1.165, 1.54) is 11.3 Å². The molecule has 0 atom stereocenters.